The van der Waals surface area contributed by atoms with Crippen LogP contribution in [0.5, 0.6) is 5.75 Å². The van der Waals surface area contributed by atoms with Gasteiger partial charge in [0.1, 0.15) is 5.75 Å². The molecule has 3 N–H and O–H groups in total. The van der Waals surface area contributed by atoms with Gasteiger partial charge in [0.15, 0.2) is 5.69 Å². The van der Waals surface area contributed by atoms with Gasteiger partial charge in [0, 0.05) is 24.8 Å². The lowest BCUT2D eigenvalue weighted by Gasteiger charge is -2.37. The van der Waals surface area contributed by atoms with Crippen molar-refractivity contribution in [2.24, 2.45) is 5.92 Å². The molecule has 7 nitrogen and oxygen atoms in total. The summed E-state index contributed by atoms with van der Waals surface area (Å²) in [6.45, 7) is 2.62. The van der Waals surface area contributed by atoms with Gasteiger partial charge in [-0.15, -0.1) is 0 Å². The number of rotatable bonds is 7. The zero-order chi connectivity index (χ0) is 19.2. The van der Waals surface area contributed by atoms with E-state index in [-0.39, 0.29) is 35.4 Å². The summed E-state index contributed by atoms with van der Waals surface area (Å²) in [7, 11) is 0. The first-order valence-corrected chi connectivity index (χ1v) is 9.95. The summed E-state index contributed by atoms with van der Waals surface area (Å²) in [4.78, 5) is 29.0. The van der Waals surface area contributed by atoms with Crippen molar-refractivity contribution in [1.29, 1.82) is 0 Å². The summed E-state index contributed by atoms with van der Waals surface area (Å²) in [6, 6.07) is 3.15. The predicted octanol–water partition coefficient (Wildman–Crippen LogP) is 2.15. The van der Waals surface area contributed by atoms with Crippen molar-refractivity contribution in [3.63, 3.8) is 0 Å². The smallest absolute Gasteiger partial charge is 0.274 e. The zero-order valence-electron chi connectivity index (χ0n) is 15.8. The molecule has 0 aliphatic heterocycles. The lowest BCUT2D eigenvalue weighted by atomic mass is 9.82. The first kappa shape index (κ1) is 19.6. The van der Waals surface area contributed by atoms with Gasteiger partial charge < -0.3 is 20.5 Å². The Balaban J connectivity index is 1.61. The molecule has 0 spiro atoms. The van der Waals surface area contributed by atoms with Crippen molar-refractivity contribution >= 4 is 11.8 Å². The second-order valence-electron chi connectivity index (χ2n) is 7.51. The minimum Gasteiger partial charge on any atom is -0.505 e. The van der Waals surface area contributed by atoms with Crippen LogP contribution >= 0.6 is 0 Å². The number of nitrogens with zero attached hydrogens (tertiary/aromatic N) is 1. The number of hydrogen-bond acceptors (Lipinski definition) is 5. The van der Waals surface area contributed by atoms with Crippen LogP contribution in [0.25, 0.3) is 0 Å². The number of aromatic hydroxyl groups is 1. The molecule has 2 fully saturated rings. The standard InChI is InChI=1S/C20H29N3O4/c1-2-11-27-17-12-13(19(25)22-14-5-3-6-14)8-9-15(17)23-20(26)18-16(24)7-4-10-21-18/h4,7,10,13-15,17,24H,2-3,5-6,8-9,11-12H2,1H3,(H,22,25)(H,23,26)/t13-,15+,17+/m0/s1. The van der Waals surface area contributed by atoms with Gasteiger partial charge in [0.2, 0.25) is 5.91 Å². The lowest BCUT2D eigenvalue weighted by molar-refractivity contribution is -0.129. The van der Waals surface area contributed by atoms with E-state index in [1.54, 1.807) is 6.07 Å². The Labute approximate surface area is 159 Å². The highest BCUT2D eigenvalue weighted by atomic mass is 16.5. The highest BCUT2D eigenvalue weighted by Crippen LogP contribution is 2.29. The van der Waals surface area contributed by atoms with Crippen LogP contribution in [0.3, 0.4) is 0 Å². The number of aromatic nitrogens is 1. The van der Waals surface area contributed by atoms with Gasteiger partial charge in [0.25, 0.3) is 5.91 Å². The third-order valence-electron chi connectivity index (χ3n) is 5.47. The van der Waals surface area contributed by atoms with Gasteiger partial charge in [-0.3, -0.25) is 9.59 Å². The molecule has 0 radical (unpaired) electrons. The SMILES string of the molecule is CCCO[C@@H]1C[C@@H](C(=O)NC2CCC2)CC[C@H]1NC(=O)c1ncccc1O. The highest BCUT2D eigenvalue weighted by Gasteiger charge is 2.36. The molecule has 1 aromatic heterocycles. The molecule has 0 unspecified atom stereocenters. The second kappa shape index (κ2) is 9.17. The number of hydrogen-bond donors (Lipinski definition) is 3. The van der Waals surface area contributed by atoms with E-state index in [0.717, 1.165) is 19.3 Å². The van der Waals surface area contributed by atoms with Crippen molar-refractivity contribution < 1.29 is 19.4 Å². The molecule has 27 heavy (non-hydrogen) atoms. The summed E-state index contributed by atoms with van der Waals surface area (Å²) in [5.41, 5.74) is 0.0107. The van der Waals surface area contributed by atoms with Gasteiger partial charge in [-0.05, 0) is 57.1 Å². The van der Waals surface area contributed by atoms with E-state index in [0.29, 0.717) is 31.9 Å². The summed E-state index contributed by atoms with van der Waals surface area (Å²) in [6.07, 6.45) is 7.43. The van der Waals surface area contributed by atoms with Crippen LogP contribution in [0.1, 0.15) is 62.4 Å². The molecule has 3 atom stereocenters. The Hall–Kier alpha value is -2.15. The Morgan fingerprint density at radius 3 is 2.74 bits per heavy atom. The van der Waals surface area contributed by atoms with Gasteiger partial charge in [0.05, 0.1) is 12.1 Å². The molecular weight excluding hydrogens is 346 g/mol. The van der Waals surface area contributed by atoms with E-state index in [1.807, 2.05) is 6.92 Å². The molecule has 0 saturated heterocycles. The summed E-state index contributed by atoms with van der Waals surface area (Å²) in [5.74, 6) is -0.532. The van der Waals surface area contributed by atoms with Crippen molar-refractivity contribution in [2.45, 2.75) is 70.1 Å². The number of carbonyl (C=O) groups excluding carboxylic acids is 2. The molecule has 0 bridgehead atoms. The summed E-state index contributed by atoms with van der Waals surface area (Å²) >= 11 is 0. The van der Waals surface area contributed by atoms with Crippen molar-refractivity contribution in [3.8, 4) is 5.75 Å². The van der Waals surface area contributed by atoms with E-state index >= 15 is 0 Å². The Morgan fingerprint density at radius 2 is 2.07 bits per heavy atom. The molecule has 2 aliphatic rings. The normalized spacial score (nSPS) is 25.4. The maximum atomic E-state index is 12.5. The van der Waals surface area contributed by atoms with Crippen LogP contribution in [0.2, 0.25) is 0 Å². The number of pyridine rings is 1. The Kier molecular flexibility index (Phi) is 6.66. The zero-order valence-corrected chi connectivity index (χ0v) is 15.8. The number of carbonyl (C=O) groups is 2. The maximum absolute atomic E-state index is 12.5. The van der Waals surface area contributed by atoms with E-state index in [2.05, 4.69) is 15.6 Å². The average Bonchev–Trinajstić information content (AvgIpc) is 2.64. The monoisotopic (exact) mass is 375 g/mol. The molecule has 0 aromatic carbocycles. The summed E-state index contributed by atoms with van der Waals surface area (Å²) < 4.78 is 5.96. The molecule has 2 saturated carbocycles. The van der Waals surface area contributed by atoms with Gasteiger partial charge in [-0.1, -0.05) is 6.92 Å². The van der Waals surface area contributed by atoms with Crippen LogP contribution in [0.4, 0.5) is 0 Å². The second-order valence-corrected chi connectivity index (χ2v) is 7.51. The van der Waals surface area contributed by atoms with Crippen molar-refractivity contribution in [2.75, 3.05) is 6.61 Å². The molecule has 1 aromatic rings. The van der Waals surface area contributed by atoms with E-state index in [1.165, 1.54) is 18.7 Å². The first-order valence-electron chi connectivity index (χ1n) is 9.95. The van der Waals surface area contributed by atoms with Crippen molar-refractivity contribution in [3.05, 3.63) is 24.0 Å². The van der Waals surface area contributed by atoms with Crippen LogP contribution in [-0.2, 0) is 9.53 Å². The molecular formula is C20H29N3O4. The largest absolute Gasteiger partial charge is 0.505 e. The predicted molar refractivity (Wildman–Crippen MR) is 100 cm³/mol. The number of amides is 2. The van der Waals surface area contributed by atoms with E-state index in [4.69, 9.17) is 4.74 Å². The van der Waals surface area contributed by atoms with E-state index < -0.39 is 5.91 Å². The Bertz CT molecular complexity index is 662. The highest BCUT2D eigenvalue weighted by molar-refractivity contribution is 5.95. The van der Waals surface area contributed by atoms with Crippen LogP contribution in [0, 0.1) is 5.92 Å². The fourth-order valence-corrected chi connectivity index (χ4v) is 3.67. The number of nitrogens with one attached hydrogen (secondary N) is 2. The Morgan fingerprint density at radius 1 is 1.26 bits per heavy atom. The molecule has 1 heterocycles. The minimum absolute atomic E-state index is 0.0107. The molecule has 7 heteroatoms. The summed E-state index contributed by atoms with van der Waals surface area (Å²) in [5, 5.41) is 15.9. The third kappa shape index (κ3) is 4.97. The first-order chi connectivity index (χ1) is 13.1. The van der Waals surface area contributed by atoms with Crippen molar-refractivity contribution in [1.82, 2.24) is 15.6 Å². The van der Waals surface area contributed by atoms with Crippen LogP contribution in [0.15, 0.2) is 18.3 Å². The van der Waals surface area contributed by atoms with Gasteiger partial charge in [-0.2, -0.15) is 0 Å². The molecule has 148 valence electrons. The topological polar surface area (TPSA) is 101 Å². The fraction of sp³-hybridized carbons (Fsp3) is 0.650. The number of ether oxygens (including phenoxy) is 1. The molecule has 3 rings (SSSR count). The minimum atomic E-state index is -0.416. The lowest BCUT2D eigenvalue weighted by Crippen LogP contribution is -2.51. The maximum Gasteiger partial charge on any atom is 0.274 e. The van der Waals surface area contributed by atoms with Crippen LogP contribution < -0.4 is 10.6 Å². The van der Waals surface area contributed by atoms with Gasteiger partial charge in [-0.25, -0.2) is 4.98 Å². The fourth-order valence-electron chi connectivity index (χ4n) is 3.67. The van der Waals surface area contributed by atoms with Gasteiger partial charge >= 0.3 is 0 Å². The molecule has 2 amide bonds. The van der Waals surface area contributed by atoms with Crippen LogP contribution in [-0.4, -0.2) is 46.7 Å². The average molecular weight is 375 g/mol. The third-order valence-corrected chi connectivity index (χ3v) is 5.47. The quantitative estimate of drug-likeness (QED) is 0.678. The van der Waals surface area contributed by atoms with E-state index in [9.17, 15) is 14.7 Å². The molecule has 2 aliphatic carbocycles.